The maximum Gasteiger partial charge on any atom is 0.0576 e. The van der Waals surface area contributed by atoms with Gasteiger partial charge in [-0.1, -0.05) is 0 Å². The molecule has 80 valence electrons. The van der Waals surface area contributed by atoms with Crippen molar-refractivity contribution in [1.82, 2.24) is 0 Å². The minimum absolute atomic E-state index is 0.413. The highest BCUT2D eigenvalue weighted by Crippen LogP contribution is 2.19. The van der Waals surface area contributed by atoms with Crippen LogP contribution in [0.25, 0.3) is 0 Å². The quantitative estimate of drug-likeness (QED) is 0.538. The molecular formula is C12H21NO. The molecule has 0 aromatic heterocycles. The molecule has 14 heavy (non-hydrogen) atoms. The van der Waals surface area contributed by atoms with Crippen molar-refractivity contribution < 1.29 is 4.74 Å². The first-order valence-corrected chi connectivity index (χ1v) is 5.63. The summed E-state index contributed by atoms with van der Waals surface area (Å²) in [5, 5.41) is 0. The Balaban J connectivity index is 1.94. The van der Waals surface area contributed by atoms with Crippen LogP contribution >= 0.6 is 0 Å². The molecule has 0 atom stereocenters. The second-order valence-electron chi connectivity index (χ2n) is 4.07. The minimum Gasteiger partial charge on any atom is -0.378 e. The molecule has 2 nitrogen and oxygen atoms in total. The first-order chi connectivity index (χ1) is 6.83. The minimum atomic E-state index is 0.413. The molecular weight excluding hydrogens is 174 g/mol. The molecule has 0 aromatic carbocycles. The van der Waals surface area contributed by atoms with Crippen molar-refractivity contribution in [2.24, 2.45) is 5.73 Å². The van der Waals surface area contributed by atoms with Crippen molar-refractivity contribution in [3.8, 4) is 12.3 Å². The van der Waals surface area contributed by atoms with Crippen molar-refractivity contribution in [1.29, 1.82) is 0 Å². The zero-order chi connectivity index (χ0) is 10.2. The second kappa shape index (κ2) is 6.86. The molecule has 0 aliphatic heterocycles. The zero-order valence-corrected chi connectivity index (χ0v) is 8.87. The normalized spacial score (nSPS) is 27.1. The van der Waals surface area contributed by atoms with Crippen LogP contribution in [0.3, 0.4) is 0 Å². The zero-order valence-electron chi connectivity index (χ0n) is 8.87. The number of hydrogen-bond donors (Lipinski definition) is 1. The molecule has 1 saturated carbocycles. The molecule has 1 rings (SSSR count). The average molecular weight is 195 g/mol. The molecule has 0 aromatic rings. The van der Waals surface area contributed by atoms with Crippen LogP contribution in [0.5, 0.6) is 0 Å². The molecule has 1 fully saturated rings. The monoisotopic (exact) mass is 195 g/mol. The Bertz CT molecular complexity index is 177. The highest BCUT2D eigenvalue weighted by molar-refractivity contribution is 4.82. The summed E-state index contributed by atoms with van der Waals surface area (Å²) in [4.78, 5) is 0. The van der Waals surface area contributed by atoms with E-state index in [-0.39, 0.29) is 0 Å². The fourth-order valence-corrected chi connectivity index (χ4v) is 1.83. The maximum atomic E-state index is 5.81. The molecule has 0 bridgehead atoms. The predicted molar refractivity (Wildman–Crippen MR) is 58.9 cm³/mol. The summed E-state index contributed by atoms with van der Waals surface area (Å²) in [6.07, 6.45) is 13.2. The summed E-state index contributed by atoms with van der Waals surface area (Å²) in [5.41, 5.74) is 5.81. The van der Waals surface area contributed by atoms with Gasteiger partial charge in [-0.3, -0.25) is 0 Å². The van der Waals surface area contributed by atoms with Crippen molar-refractivity contribution in [2.45, 2.75) is 57.1 Å². The molecule has 2 N–H and O–H groups in total. The molecule has 0 spiro atoms. The van der Waals surface area contributed by atoms with Crippen molar-refractivity contribution >= 4 is 0 Å². The smallest absolute Gasteiger partial charge is 0.0576 e. The summed E-state index contributed by atoms with van der Waals surface area (Å²) >= 11 is 0. The first-order valence-electron chi connectivity index (χ1n) is 5.63. The fourth-order valence-electron chi connectivity index (χ4n) is 1.83. The van der Waals surface area contributed by atoms with E-state index in [9.17, 15) is 0 Å². The van der Waals surface area contributed by atoms with Gasteiger partial charge < -0.3 is 10.5 Å². The number of unbranched alkanes of at least 4 members (excludes halogenated alkanes) is 2. The van der Waals surface area contributed by atoms with Gasteiger partial charge in [-0.05, 0) is 38.5 Å². The standard InChI is InChI=1S/C12H21NO/c1-2-3-4-5-10-14-12-8-6-11(13)7-9-12/h1,11-12H,3-10,13H2. The van der Waals surface area contributed by atoms with E-state index in [0.29, 0.717) is 12.1 Å². The molecule has 0 radical (unpaired) electrons. The first kappa shape index (κ1) is 11.6. The summed E-state index contributed by atoms with van der Waals surface area (Å²) in [7, 11) is 0. The van der Waals surface area contributed by atoms with Crippen molar-refractivity contribution in [3.63, 3.8) is 0 Å². The predicted octanol–water partition coefficient (Wildman–Crippen LogP) is 2.08. The third-order valence-electron chi connectivity index (χ3n) is 2.79. The molecule has 0 heterocycles. The third kappa shape index (κ3) is 4.64. The van der Waals surface area contributed by atoms with E-state index < -0.39 is 0 Å². The number of rotatable bonds is 5. The molecule has 2 heteroatoms. The second-order valence-corrected chi connectivity index (χ2v) is 4.07. The highest BCUT2D eigenvalue weighted by atomic mass is 16.5. The van der Waals surface area contributed by atoms with Crippen LogP contribution < -0.4 is 5.73 Å². The molecule has 1 aliphatic rings. The number of terminal acetylenes is 1. The van der Waals surface area contributed by atoms with Gasteiger partial charge in [0, 0.05) is 19.1 Å². The van der Waals surface area contributed by atoms with E-state index >= 15 is 0 Å². The van der Waals surface area contributed by atoms with E-state index in [1.54, 1.807) is 0 Å². The number of ether oxygens (including phenoxy) is 1. The van der Waals surface area contributed by atoms with Gasteiger partial charge in [0.05, 0.1) is 6.10 Å². The van der Waals surface area contributed by atoms with Gasteiger partial charge in [-0.25, -0.2) is 0 Å². The highest BCUT2D eigenvalue weighted by Gasteiger charge is 2.18. The van der Waals surface area contributed by atoms with Crippen molar-refractivity contribution in [2.75, 3.05) is 6.61 Å². The molecule has 0 amide bonds. The Morgan fingerprint density at radius 1 is 1.21 bits per heavy atom. The van der Waals surface area contributed by atoms with Gasteiger partial charge >= 0.3 is 0 Å². The Morgan fingerprint density at radius 2 is 1.93 bits per heavy atom. The van der Waals surface area contributed by atoms with E-state index in [0.717, 1.165) is 51.6 Å². The largest absolute Gasteiger partial charge is 0.378 e. The van der Waals surface area contributed by atoms with Crippen LogP contribution in [0, 0.1) is 12.3 Å². The van der Waals surface area contributed by atoms with Gasteiger partial charge in [-0.15, -0.1) is 12.3 Å². The van der Waals surface area contributed by atoms with E-state index in [4.69, 9.17) is 16.9 Å². The van der Waals surface area contributed by atoms with Gasteiger partial charge in [0.15, 0.2) is 0 Å². The van der Waals surface area contributed by atoms with Gasteiger partial charge in [0.2, 0.25) is 0 Å². The topological polar surface area (TPSA) is 35.2 Å². The Kier molecular flexibility index (Phi) is 5.66. The molecule has 1 aliphatic carbocycles. The van der Waals surface area contributed by atoms with Crippen LogP contribution in [0.4, 0.5) is 0 Å². The van der Waals surface area contributed by atoms with Gasteiger partial charge in [0.1, 0.15) is 0 Å². The van der Waals surface area contributed by atoms with Gasteiger partial charge in [0.25, 0.3) is 0 Å². The van der Waals surface area contributed by atoms with Gasteiger partial charge in [-0.2, -0.15) is 0 Å². The fraction of sp³-hybridized carbons (Fsp3) is 0.833. The lowest BCUT2D eigenvalue weighted by atomic mass is 9.94. The molecule has 0 saturated heterocycles. The lowest BCUT2D eigenvalue weighted by Gasteiger charge is -2.26. The van der Waals surface area contributed by atoms with E-state index in [2.05, 4.69) is 5.92 Å². The van der Waals surface area contributed by atoms with E-state index in [1.165, 1.54) is 0 Å². The van der Waals surface area contributed by atoms with Crippen LogP contribution in [-0.4, -0.2) is 18.8 Å². The van der Waals surface area contributed by atoms with Crippen molar-refractivity contribution in [3.05, 3.63) is 0 Å². The SMILES string of the molecule is C#CCCCCOC1CCC(N)CC1. The van der Waals surface area contributed by atoms with Crippen LogP contribution in [0.15, 0.2) is 0 Å². The number of hydrogen-bond acceptors (Lipinski definition) is 2. The Hall–Kier alpha value is -0.520. The lowest BCUT2D eigenvalue weighted by Crippen LogP contribution is -2.30. The Morgan fingerprint density at radius 3 is 2.57 bits per heavy atom. The summed E-state index contributed by atoms with van der Waals surface area (Å²) in [6.45, 7) is 0.863. The van der Waals surface area contributed by atoms with E-state index in [1.807, 2.05) is 0 Å². The third-order valence-corrected chi connectivity index (χ3v) is 2.79. The average Bonchev–Trinajstić information content (AvgIpc) is 2.21. The van der Waals surface area contributed by atoms with Crippen LogP contribution in [-0.2, 0) is 4.74 Å². The van der Waals surface area contributed by atoms with Crippen LogP contribution in [0.1, 0.15) is 44.9 Å². The molecule has 0 unspecified atom stereocenters. The lowest BCUT2D eigenvalue weighted by molar-refractivity contribution is 0.0234. The van der Waals surface area contributed by atoms with Crippen LogP contribution in [0.2, 0.25) is 0 Å². The Labute approximate surface area is 87.2 Å². The number of nitrogens with two attached hydrogens (primary N) is 1. The summed E-state index contributed by atoms with van der Waals surface area (Å²) < 4.78 is 5.75. The summed E-state index contributed by atoms with van der Waals surface area (Å²) in [6, 6.07) is 0.413. The maximum absolute atomic E-state index is 5.81. The summed E-state index contributed by atoms with van der Waals surface area (Å²) in [5.74, 6) is 2.64.